The van der Waals surface area contributed by atoms with Crippen LogP contribution in [-0.4, -0.2) is 42.9 Å². The Labute approximate surface area is 125 Å². The van der Waals surface area contributed by atoms with E-state index in [1.807, 2.05) is 0 Å². The highest BCUT2D eigenvalue weighted by molar-refractivity contribution is 5.86. The third-order valence-electron chi connectivity index (χ3n) is 2.43. The number of alkyl halides is 8. The van der Waals surface area contributed by atoms with E-state index in [0.717, 1.165) is 6.92 Å². The van der Waals surface area contributed by atoms with Crippen LogP contribution in [0.4, 0.5) is 35.1 Å². The van der Waals surface area contributed by atoms with Gasteiger partial charge in [-0.2, -0.15) is 35.1 Å². The van der Waals surface area contributed by atoms with E-state index in [4.69, 9.17) is 0 Å². The van der Waals surface area contributed by atoms with E-state index in [0.29, 0.717) is 0 Å². The molecule has 0 aliphatic rings. The van der Waals surface area contributed by atoms with Crippen LogP contribution in [-0.2, 0) is 14.3 Å². The summed E-state index contributed by atoms with van der Waals surface area (Å²) < 4.78 is 113. The Kier molecular flexibility index (Phi) is 6.22. The Bertz CT molecular complexity index is 473. The fourth-order valence-corrected chi connectivity index (χ4v) is 1.08. The van der Waals surface area contributed by atoms with Crippen LogP contribution < -0.4 is 0 Å². The molecule has 0 aliphatic heterocycles. The highest BCUT2D eigenvalue weighted by Gasteiger charge is 2.80. The molecular weight excluding hydrogens is 344 g/mol. The highest BCUT2D eigenvalue weighted by Crippen LogP contribution is 2.52. The highest BCUT2D eigenvalue weighted by atomic mass is 19.4. The Hall–Kier alpha value is -1.81. The third-order valence-corrected chi connectivity index (χ3v) is 2.43. The number of hydrogen-bond acceptors (Lipinski definition) is 3. The summed E-state index contributed by atoms with van der Waals surface area (Å²) in [6.45, 7) is 1.78. The van der Waals surface area contributed by atoms with Crippen molar-refractivity contribution >= 4 is 5.97 Å². The van der Waals surface area contributed by atoms with E-state index in [9.17, 15) is 39.9 Å². The van der Waals surface area contributed by atoms with Crippen LogP contribution in [0, 0.1) is 0 Å². The molecule has 0 amide bonds. The van der Waals surface area contributed by atoms with Crippen molar-refractivity contribution < 1.29 is 49.4 Å². The fraction of sp³-hybridized carbons (Fsp3) is 0.583. The zero-order valence-electron chi connectivity index (χ0n) is 11.7. The van der Waals surface area contributed by atoms with E-state index in [1.54, 1.807) is 0 Å². The van der Waals surface area contributed by atoms with E-state index >= 15 is 0 Å². The van der Waals surface area contributed by atoms with Crippen molar-refractivity contribution in [3.63, 3.8) is 0 Å². The molecule has 0 atom stereocenters. The summed E-state index contributed by atoms with van der Waals surface area (Å²) in [5.41, 5.74) is -0.486. The first-order valence-corrected chi connectivity index (χ1v) is 5.70. The first-order chi connectivity index (χ1) is 10.1. The quantitative estimate of drug-likeness (QED) is 0.273. The molecule has 0 aromatic heterocycles. The second kappa shape index (κ2) is 6.75. The van der Waals surface area contributed by atoms with Crippen molar-refractivity contribution in [2.75, 3.05) is 13.2 Å². The van der Waals surface area contributed by atoms with Gasteiger partial charge in [0.05, 0.1) is 6.26 Å². The number of esters is 1. The molecule has 3 nitrogen and oxygen atoms in total. The maximum atomic E-state index is 13.3. The van der Waals surface area contributed by atoms with Crippen LogP contribution in [0.1, 0.15) is 6.92 Å². The summed E-state index contributed by atoms with van der Waals surface area (Å²) >= 11 is 0. The second-order valence-corrected chi connectivity index (χ2v) is 4.39. The molecule has 0 saturated carbocycles. The van der Waals surface area contributed by atoms with Gasteiger partial charge in [-0.3, -0.25) is 0 Å². The maximum Gasteiger partial charge on any atom is 0.381 e. The van der Waals surface area contributed by atoms with Gasteiger partial charge in [0.25, 0.3) is 0 Å². The van der Waals surface area contributed by atoms with E-state index in [1.165, 1.54) is 0 Å². The molecule has 23 heavy (non-hydrogen) atoms. The lowest BCUT2D eigenvalue weighted by atomic mass is 9.99. The zero-order valence-corrected chi connectivity index (χ0v) is 11.7. The Balaban J connectivity index is 5.43. The smallest absolute Gasteiger partial charge is 0.381 e. The average Bonchev–Trinajstić information content (AvgIpc) is 2.41. The SMILES string of the molecule is C=COCC(F)(F)C(F)(F)C(F)(F)C(F)(F)COC(=O)C(=C)C. The molecule has 0 fully saturated rings. The Morgan fingerprint density at radius 3 is 1.70 bits per heavy atom. The minimum absolute atomic E-state index is 0.245. The van der Waals surface area contributed by atoms with Crippen molar-refractivity contribution in [3.8, 4) is 0 Å². The van der Waals surface area contributed by atoms with Crippen molar-refractivity contribution in [2.45, 2.75) is 30.6 Å². The first-order valence-electron chi connectivity index (χ1n) is 5.70. The molecule has 11 heteroatoms. The number of halogens is 8. The van der Waals surface area contributed by atoms with Crippen LogP contribution in [0.25, 0.3) is 0 Å². The standard InChI is InChI=1S/C12H12F8O3/c1-4-22-5-9(13,14)11(17,18)12(19,20)10(15,16)6-23-8(21)7(2)3/h4H,1-2,5-6H2,3H3. The van der Waals surface area contributed by atoms with Gasteiger partial charge in [-0.25, -0.2) is 4.79 Å². The van der Waals surface area contributed by atoms with Crippen molar-refractivity contribution in [1.82, 2.24) is 0 Å². The molecule has 0 bridgehead atoms. The normalized spacial score (nSPS) is 13.4. The van der Waals surface area contributed by atoms with Crippen molar-refractivity contribution in [2.24, 2.45) is 0 Å². The lowest BCUT2D eigenvalue weighted by molar-refractivity contribution is -0.374. The van der Waals surface area contributed by atoms with Crippen LogP contribution >= 0.6 is 0 Å². The summed E-state index contributed by atoms with van der Waals surface area (Å²) in [6, 6.07) is 0. The molecule has 0 spiro atoms. The van der Waals surface area contributed by atoms with Gasteiger partial charge >= 0.3 is 29.7 Å². The summed E-state index contributed by atoms with van der Waals surface area (Å²) in [5, 5.41) is 0. The largest absolute Gasteiger partial charge is 0.495 e. The molecule has 0 rings (SSSR count). The molecule has 0 N–H and O–H groups in total. The van der Waals surface area contributed by atoms with E-state index in [2.05, 4.69) is 22.6 Å². The first kappa shape index (κ1) is 21.2. The van der Waals surface area contributed by atoms with E-state index < -0.39 is 48.4 Å². The summed E-state index contributed by atoms with van der Waals surface area (Å²) in [6.07, 6.45) is 0.245. The summed E-state index contributed by atoms with van der Waals surface area (Å²) in [4.78, 5) is 10.8. The lowest BCUT2D eigenvalue weighted by Crippen LogP contribution is -2.64. The lowest BCUT2D eigenvalue weighted by Gasteiger charge is -2.36. The Morgan fingerprint density at radius 2 is 1.35 bits per heavy atom. The van der Waals surface area contributed by atoms with Gasteiger partial charge in [0.2, 0.25) is 0 Å². The van der Waals surface area contributed by atoms with Crippen molar-refractivity contribution in [1.29, 1.82) is 0 Å². The van der Waals surface area contributed by atoms with Gasteiger partial charge < -0.3 is 9.47 Å². The predicted octanol–water partition coefficient (Wildman–Crippen LogP) is 3.81. The zero-order chi connectivity index (χ0) is 18.7. The molecule has 0 saturated heterocycles. The van der Waals surface area contributed by atoms with Crippen LogP contribution in [0.3, 0.4) is 0 Å². The third kappa shape index (κ3) is 4.14. The molecule has 0 aromatic carbocycles. The molecule has 0 radical (unpaired) electrons. The molecule has 134 valence electrons. The molecule has 0 unspecified atom stereocenters. The van der Waals surface area contributed by atoms with Gasteiger partial charge in [0.1, 0.15) is 0 Å². The van der Waals surface area contributed by atoms with Gasteiger partial charge in [-0.05, 0) is 6.92 Å². The number of rotatable bonds is 9. The number of carbonyl (C=O) groups excluding carboxylic acids is 1. The van der Waals surface area contributed by atoms with Gasteiger partial charge in [0, 0.05) is 5.57 Å². The topological polar surface area (TPSA) is 35.5 Å². The summed E-state index contributed by atoms with van der Waals surface area (Å²) in [7, 11) is 0. The minimum atomic E-state index is -6.54. The fourth-order valence-electron chi connectivity index (χ4n) is 1.08. The molecule has 0 aliphatic carbocycles. The number of carbonyl (C=O) groups is 1. The minimum Gasteiger partial charge on any atom is -0.495 e. The van der Waals surface area contributed by atoms with E-state index in [-0.39, 0.29) is 6.26 Å². The van der Waals surface area contributed by atoms with Gasteiger partial charge in [0.15, 0.2) is 13.2 Å². The predicted molar refractivity (Wildman–Crippen MR) is 61.7 cm³/mol. The monoisotopic (exact) mass is 356 g/mol. The Morgan fingerprint density at radius 1 is 0.957 bits per heavy atom. The molecule has 0 heterocycles. The molecular formula is C12H12F8O3. The van der Waals surface area contributed by atoms with Gasteiger partial charge in [-0.1, -0.05) is 13.2 Å². The van der Waals surface area contributed by atoms with Crippen LogP contribution in [0.15, 0.2) is 25.0 Å². The van der Waals surface area contributed by atoms with Crippen LogP contribution in [0.2, 0.25) is 0 Å². The summed E-state index contributed by atoms with van der Waals surface area (Å²) in [5.74, 6) is -26.0. The van der Waals surface area contributed by atoms with Crippen LogP contribution in [0.5, 0.6) is 0 Å². The second-order valence-electron chi connectivity index (χ2n) is 4.39. The number of ether oxygens (including phenoxy) is 2. The van der Waals surface area contributed by atoms with Crippen molar-refractivity contribution in [3.05, 3.63) is 25.0 Å². The number of hydrogen-bond donors (Lipinski definition) is 0. The average molecular weight is 356 g/mol. The van der Waals surface area contributed by atoms with Gasteiger partial charge in [-0.15, -0.1) is 0 Å². The molecule has 0 aromatic rings. The maximum absolute atomic E-state index is 13.3.